The number of benzene rings is 4. The monoisotopic (exact) mass is 525 g/mol. The lowest BCUT2D eigenvalue weighted by atomic mass is 10.1. The second kappa shape index (κ2) is 8.39. The predicted molar refractivity (Wildman–Crippen MR) is 165 cm³/mol. The summed E-state index contributed by atoms with van der Waals surface area (Å²) in [6, 6.07) is 43.7. The van der Waals surface area contributed by atoms with Crippen molar-refractivity contribution in [1.29, 1.82) is 0 Å². The van der Waals surface area contributed by atoms with Crippen molar-refractivity contribution >= 4 is 70.0 Å². The Kier molecular flexibility index (Phi) is 4.84. The van der Waals surface area contributed by atoms with Crippen LogP contribution in [0, 0.1) is 0 Å². The maximum absolute atomic E-state index is 5.16. The average molecular weight is 526 g/mol. The number of fused-ring (bicyclic) bond motifs is 7. The highest BCUT2D eigenvalue weighted by molar-refractivity contribution is 7.78. The molecule has 0 aliphatic carbocycles. The third-order valence-electron chi connectivity index (χ3n) is 7.02. The zero-order valence-corrected chi connectivity index (χ0v) is 22.3. The van der Waals surface area contributed by atoms with Crippen LogP contribution in [-0.2, 0) is 0 Å². The van der Waals surface area contributed by atoms with Gasteiger partial charge < -0.3 is 0 Å². The Balaban J connectivity index is 1.52. The lowest BCUT2D eigenvalue weighted by molar-refractivity contribution is 1.33. The number of aromatic nitrogens is 1. The van der Waals surface area contributed by atoms with Crippen molar-refractivity contribution < 1.29 is 0 Å². The largest absolute Gasteiger partial charge is 0.248 e. The van der Waals surface area contributed by atoms with Crippen molar-refractivity contribution in [1.82, 2.24) is 4.98 Å². The third kappa shape index (κ3) is 3.32. The van der Waals surface area contributed by atoms with E-state index in [1.54, 1.807) is 0 Å². The van der Waals surface area contributed by atoms with Crippen LogP contribution in [0.1, 0.15) is 0 Å². The van der Waals surface area contributed by atoms with Gasteiger partial charge in [-0.1, -0.05) is 105 Å². The van der Waals surface area contributed by atoms with Crippen molar-refractivity contribution in [3.05, 3.63) is 121 Å². The first kappa shape index (κ1) is 21.3. The van der Waals surface area contributed by atoms with E-state index in [9.17, 15) is 0 Å². The Hall–Kier alpha value is -3.75. The number of rotatable bonds is 3. The molecule has 0 radical (unpaired) electrons. The van der Waals surface area contributed by atoms with Crippen LogP contribution >= 0.6 is 30.2 Å². The molecular weight excluding hydrogens is 505 g/mol. The van der Waals surface area contributed by atoms with Crippen LogP contribution in [0.5, 0.6) is 0 Å². The van der Waals surface area contributed by atoms with Crippen molar-refractivity contribution in [2.45, 2.75) is 0 Å². The molecule has 4 aromatic carbocycles. The molecule has 0 amide bonds. The summed E-state index contributed by atoms with van der Waals surface area (Å²) < 4.78 is 5.79. The summed E-state index contributed by atoms with van der Waals surface area (Å²) in [6.45, 7) is 0. The van der Waals surface area contributed by atoms with Gasteiger partial charge in [-0.05, 0) is 24.3 Å². The normalized spacial score (nSPS) is 11.8. The number of pyridine rings is 1. The molecule has 0 unspecified atom stereocenters. The number of hydrogen-bond donors (Lipinski definition) is 0. The summed E-state index contributed by atoms with van der Waals surface area (Å²) in [5, 5.41) is 7.06. The molecule has 0 fully saturated rings. The molecule has 1 nitrogen and oxygen atoms in total. The van der Waals surface area contributed by atoms with Gasteiger partial charge in [-0.15, -0.1) is 22.7 Å². The minimum absolute atomic E-state index is 0.682. The first-order chi connectivity index (χ1) is 18.3. The van der Waals surface area contributed by atoms with Gasteiger partial charge in [-0.3, -0.25) is 0 Å². The van der Waals surface area contributed by atoms with Crippen LogP contribution in [0.25, 0.3) is 67.6 Å². The average Bonchev–Trinajstić information content (AvgIpc) is 3.61. The minimum atomic E-state index is -0.682. The Bertz CT molecular complexity index is 1940. The smallest absolute Gasteiger partial charge is 0.0718 e. The Morgan fingerprint density at radius 2 is 0.919 bits per heavy atom. The Labute approximate surface area is 223 Å². The molecule has 0 atom stereocenters. The topological polar surface area (TPSA) is 12.9 Å². The highest BCUT2D eigenvalue weighted by Gasteiger charge is 2.23. The number of thiophene rings is 2. The van der Waals surface area contributed by atoms with E-state index < -0.39 is 7.53 Å². The predicted octanol–water partition coefficient (Wildman–Crippen LogP) is 11.1. The molecule has 0 saturated heterocycles. The Morgan fingerprint density at radius 3 is 1.41 bits per heavy atom. The van der Waals surface area contributed by atoms with E-state index in [1.165, 1.54) is 45.1 Å². The molecule has 4 aromatic heterocycles. The summed E-state index contributed by atoms with van der Waals surface area (Å²) in [7, 11) is -0.682. The molecule has 4 heterocycles. The molecule has 8 rings (SSSR count). The SMILES string of the molecule is c1ccc(-c2cc(-p3c4sc5ccccc5c4c4c5ccccc5sc43)cc(-c3ccccc3)n2)cc1. The molecule has 8 aromatic rings. The highest BCUT2D eigenvalue weighted by atomic mass is 32.1. The van der Waals surface area contributed by atoms with Crippen molar-refractivity contribution in [2.24, 2.45) is 0 Å². The summed E-state index contributed by atoms with van der Waals surface area (Å²) >= 11 is 3.95. The summed E-state index contributed by atoms with van der Waals surface area (Å²) in [5.41, 5.74) is 4.39. The zero-order chi connectivity index (χ0) is 24.3. The minimum Gasteiger partial charge on any atom is -0.248 e. The number of hydrogen-bond acceptors (Lipinski definition) is 3. The van der Waals surface area contributed by atoms with Gasteiger partial charge in [-0.25, -0.2) is 4.98 Å². The fourth-order valence-electron chi connectivity index (χ4n) is 5.35. The standard InChI is InChI=1S/C33H20NPS2/c1-3-11-21(12-4-1)26-19-23(20-27(34-26)22-13-5-2-6-14-22)35-32-30(24-15-7-9-17-28(24)36-32)31-25-16-8-10-18-29(25)37-33(31)35/h1-20H. The lowest BCUT2D eigenvalue weighted by Gasteiger charge is -2.10. The van der Waals surface area contributed by atoms with E-state index in [1.807, 2.05) is 22.7 Å². The van der Waals surface area contributed by atoms with Crippen LogP contribution in [0.3, 0.4) is 0 Å². The maximum Gasteiger partial charge on any atom is 0.0718 e. The third-order valence-corrected chi connectivity index (χ3v) is 12.6. The molecule has 0 spiro atoms. The van der Waals surface area contributed by atoms with Crippen LogP contribution in [0.15, 0.2) is 121 Å². The van der Waals surface area contributed by atoms with Crippen LogP contribution in [0.4, 0.5) is 0 Å². The first-order valence-corrected chi connectivity index (χ1v) is 15.3. The van der Waals surface area contributed by atoms with Crippen molar-refractivity contribution in [2.75, 3.05) is 0 Å². The van der Waals surface area contributed by atoms with E-state index in [2.05, 4.69) is 121 Å². The second-order valence-corrected chi connectivity index (χ2v) is 14.0. The van der Waals surface area contributed by atoms with Gasteiger partial charge >= 0.3 is 0 Å². The molecule has 174 valence electrons. The van der Waals surface area contributed by atoms with Gasteiger partial charge in [0.15, 0.2) is 0 Å². The molecule has 0 saturated carbocycles. The van der Waals surface area contributed by atoms with Crippen molar-refractivity contribution in [3.63, 3.8) is 0 Å². The van der Waals surface area contributed by atoms with Crippen LogP contribution in [-0.4, -0.2) is 4.98 Å². The van der Waals surface area contributed by atoms with Gasteiger partial charge in [0.05, 0.1) is 20.3 Å². The van der Waals surface area contributed by atoms with E-state index >= 15 is 0 Å². The highest BCUT2D eigenvalue weighted by Crippen LogP contribution is 2.63. The molecule has 37 heavy (non-hydrogen) atoms. The van der Waals surface area contributed by atoms with Gasteiger partial charge in [0.2, 0.25) is 0 Å². The summed E-state index contributed by atoms with van der Waals surface area (Å²) in [5.74, 6) is 0. The zero-order valence-electron chi connectivity index (χ0n) is 19.8. The van der Waals surface area contributed by atoms with Gasteiger partial charge in [0.1, 0.15) is 0 Å². The fraction of sp³-hybridized carbons (Fsp3) is 0. The molecule has 4 heteroatoms. The molecule has 0 bridgehead atoms. The van der Waals surface area contributed by atoms with Gasteiger partial charge in [-0.2, -0.15) is 0 Å². The van der Waals surface area contributed by atoms with Crippen LogP contribution in [0.2, 0.25) is 0 Å². The number of nitrogens with zero attached hydrogens (tertiary/aromatic N) is 1. The van der Waals surface area contributed by atoms with E-state index in [4.69, 9.17) is 4.98 Å². The van der Waals surface area contributed by atoms with E-state index in [-0.39, 0.29) is 0 Å². The first-order valence-electron chi connectivity index (χ1n) is 12.3. The van der Waals surface area contributed by atoms with Crippen LogP contribution < -0.4 is 0 Å². The molecule has 0 aliphatic heterocycles. The molecule has 0 N–H and O–H groups in total. The van der Waals surface area contributed by atoms with Gasteiger partial charge in [0.25, 0.3) is 0 Å². The maximum atomic E-state index is 5.16. The van der Waals surface area contributed by atoms with E-state index in [0.717, 1.165) is 22.5 Å². The Morgan fingerprint density at radius 1 is 0.486 bits per heavy atom. The van der Waals surface area contributed by atoms with Gasteiger partial charge in [0, 0.05) is 47.4 Å². The summed E-state index contributed by atoms with van der Waals surface area (Å²) in [6.07, 6.45) is 0. The van der Waals surface area contributed by atoms with Crippen molar-refractivity contribution in [3.8, 4) is 27.8 Å². The fourth-order valence-corrected chi connectivity index (χ4v) is 12.0. The lowest BCUT2D eigenvalue weighted by Crippen LogP contribution is -1.89. The second-order valence-electron chi connectivity index (χ2n) is 9.22. The quantitative estimate of drug-likeness (QED) is 0.223. The van der Waals surface area contributed by atoms with E-state index in [0.29, 0.717) is 0 Å². The summed E-state index contributed by atoms with van der Waals surface area (Å²) in [4.78, 5) is 5.16. The molecular formula is C33H20NPS2. The molecule has 0 aliphatic rings.